The molecule has 1 amide bonds. The zero-order valence-electron chi connectivity index (χ0n) is 16.0. The summed E-state index contributed by atoms with van der Waals surface area (Å²) in [6.45, 7) is 0. The molecule has 0 aromatic heterocycles. The van der Waals surface area contributed by atoms with Crippen LogP contribution in [0.4, 0.5) is 5.69 Å². The summed E-state index contributed by atoms with van der Waals surface area (Å²) in [7, 11) is 2.06. The number of aliphatic imine (C=N–C) groups is 1. The lowest BCUT2D eigenvalue weighted by Gasteiger charge is -2.21. The molecule has 0 bridgehead atoms. The van der Waals surface area contributed by atoms with Crippen molar-refractivity contribution in [1.82, 2.24) is 4.90 Å². The molecule has 0 radical (unpaired) electrons. The molecule has 1 heterocycles. The van der Waals surface area contributed by atoms with E-state index >= 15 is 0 Å². The van der Waals surface area contributed by atoms with E-state index in [1.807, 2.05) is 24.3 Å². The predicted octanol–water partition coefficient (Wildman–Crippen LogP) is 4.21. The number of nitrogens with zero attached hydrogens (tertiary/aromatic N) is 3. The van der Waals surface area contributed by atoms with Crippen LogP contribution in [0.2, 0.25) is 0 Å². The van der Waals surface area contributed by atoms with E-state index in [2.05, 4.69) is 23.3 Å². The molecule has 1 N–H and O–H groups in total. The molecule has 1 saturated heterocycles. The minimum Gasteiger partial charge on any atom is -0.350 e. The maximum atomic E-state index is 12.4. The Balaban J connectivity index is 1.51. The van der Waals surface area contributed by atoms with Gasteiger partial charge in [-0.15, -0.1) is 0 Å². The Morgan fingerprint density at radius 3 is 2.63 bits per heavy atom. The van der Waals surface area contributed by atoms with Crippen molar-refractivity contribution >= 4 is 28.5 Å². The summed E-state index contributed by atoms with van der Waals surface area (Å²) in [5.74, 6) is 0.938. The van der Waals surface area contributed by atoms with E-state index in [0.29, 0.717) is 18.9 Å². The molecule has 1 aliphatic heterocycles. The summed E-state index contributed by atoms with van der Waals surface area (Å²) in [5.41, 5.74) is 1.74. The highest BCUT2D eigenvalue weighted by Gasteiger charge is 2.29. The normalized spacial score (nSPS) is 22.4. The maximum Gasteiger partial charge on any atom is 0.226 e. The van der Waals surface area contributed by atoms with Crippen LogP contribution in [0.5, 0.6) is 0 Å². The lowest BCUT2D eigenvalue weighted by atomic mass is 10.1. The van der Waals surface area contributed by atoms with Crippen LogP contribution in [0.15, 0.2) is 29.3 Å². The summed E-state index contributed by atoms with van der Waals surface area (Å²) in [6, 6.07) is 10.3. The molecule has 5 nitrogen and oxygen atoms in total. The van der Waals surface area contributed by atoms with E-state index in [1.165, 1.54) is 38.5 Å². The predicted molar refractivity (Wildman–Crippen MR) is 112 cm³/mol. The van der Waals surface area contributed by atoms with Crippen LogP contribution >= 0.6 is 11.8 Å². The standard InChI is InChI=1S/C21H28N4OS/c1-25-19(15-27-21(25)24-17-6-4-2-3-5-7-17)14-20(26)23-18-10-8-16(9-11-18)12-13-22/h8-11,17,19H,2-7,12,14-15H2,1H3,(H,23,26). The van der Waals surface area contributed by atoms with Crippen LogP contribution in [0.1, 0.15) is 50.5 Å². The van der Waals surface area contributed by atoms with Crippen molar-refractivity contribution in [3.63, 3.8) is 0 Å². The van der Waals surface area contributed by atoms with Crippen molar-refractivity contribution in [1.29, 1.82) is 5.26 Å². The summed E-state index contributed by atoms with van der Waals surface area (Å²) >= 11 is 1.78. The Hall–Kier alpha value is -2.00. The van der Waals surface area contributed by atoms with Gasteiger partial charge < -0.3 is 10.2 Å². The Labute approximate surface area is 166 Å². The third kappa shape index (κ3) is 5.74. The van der Waals surface area contributed by atoms with Gasteiger partial charge >= 0.3 is 0 Å². The highest BCUT2D eigenvalue weighted by Crippen LogP contribution is 2.28. The molecule has 6 heteroatoms. The molecular formula is C21H28N4OS. The summed E-state index contributed by atoms with van der Waals surface area (Å²) < 4.78 is 0. The van der Waals surface area contributed by atoms with Gasteiger partial charge in [-0.05, 0) is 30.5 Å². The second-order valence-corrected chi connectivity index (χ2v) is 8.40. The molecule has 144 valence electrons. The Kier molecular flexibility index (Phi) is 7.17. The van der Waals surface area contributed by atoms with Gasteiger partial charge in [-0.25, -0.2) is 0 Å². The number of carbonyl (C=O) groups is 1. The first-order chi connectivity index (χ1) is 13.2. The van der Waals surface area contributed by atoms with E-state index in [4.69, 9.17) is 10.3 Å². The number of nitrogens with one attached hydrogen (secondary N) is 1. The van der Waals surface area contributed by atoms with Crippen molar-refractivity contribution in [2.45, 2.75) is 63.5 Å². The van der Waals surface area contributed by atoms with Crippen LogP contribution in [0.3, 0.4) is 0 Å². The molecule has 27 heavy (non-hydrogen) atoms. The van der Waals surface area contributed by atoms with Crippen molar-refractivity contribution in [3.8, 4) is 6.07 Å². The molecule has 2 fully saturated rings. The molecule has 1 unspecified atom stereocenters. The number of hydrogen-bond acceptors (Lipinski definition) is 4. The second kappa shape index (κ2) is 9.80. The minimum atomic E-state index is 0.0243. The number of amides is 1. The van der Waals surface area contributed by atoms with E-state index in [0.717, 1.165) is 22.2 Å². The van der Waals surface area contributed by atoms with Crippen LogP contribution in [0.25, 0.3) is 0 Å². The second-order valence-electron chi connectivity index (χ2n) is 7.42. The van der Waals surface area contributed by atoms with Crippen LogP contribution in [0, 0.1) is 11.3 Å². The smallest absolute Gasteiger partial charge is 0.226 e. The number of rotatable bonds is 5. The highest BCUT2D eigenvalue weighted by atomic mass is 32.2. The number of amidine groups is 1. The van der Waals surface area contributed by atoms with Crippen molar-refractivity contribution in [2.24, 2.45) is 4.99 Å². The minimum absolute atomic E-state index is 0.0243. The fourth-order valence-corrected chi connectivity index (χ4v) is 4.89. The lowest BCUT2D eigenvalue weighted by Crippen LogP contribution is -2.34. The number of thioether (sulfide) groups is 1. The van der Waals surface area contributed by atoms with E-state index in [-0.39, 0.29) is 11.9 Å². The van der Waals surface area contributed by atoms with Gasteiger partial charge in [0.05, 0.1) is 18.5 Å². The average Bonchev–Trinajstić information content (AvgIpc) is 2.86. The SMILES string of the molecule is CN1C(=NC2CCCCCC2)SCC1CC(=O)Nc1ccc(CC#N)cc1. The van der Waals surface area contributed by atoms with Gasteiger partial charge in [-0.2, -0.15) is 5.26 Å². The molecule has 0 spiro atoms. The summed E-state index contributed by atoms with van der Waals surface area (Å²) in [6.07, 6.45) is 8.50. The number of nitriles is 1. The molecule has 1 aromatic rings. The summed E-state index contributed by atoms with van der Waals surface area (Å²) in [4.78, 5) is 19.6. The number of benzene rings is 1. The first kappa shape index (κ1) is 19.8. The highest BCUT2D eigenvalue weighted by molar-refractivity contribution is 8.14. The van der Waals surface area contributed by atoms with E-state index in [9.17, 15) is 4.79 Å². The zero-order valence-corrected chi connectivity index (χ0v) is 16.8. The number of carbonyl (C=O) groups excluding carboxylic acids is 1. The third-order valence-corrected chi connectivity index (χ3v) is 6.52. The van der Waals surface area contributed by atoms with Crippen LogP contribution in [-0.2, 0) is 11.2 Å². The topological polar surface area (TPSA) is 68.5 Å². The van der Waals surface area contributed by atoms with Gasteiger partial charge in [0.2, 0.25) is 5.91 Å². The Morgan fingerprint density at radius 1 is 1.26 bits per heavy atom. The monoisotopic (exact) mass is 384 g/mol. The van der Waals surface area contributed by atoms with Gasteiger partial charge in [0.25, 0.3) is 0 Å². The van der Waals surface area contributed by atoms with E-state index in [1.54, 1.807) is 11.8 Å². The van der Waals surface area contributed by atoms with Gasteiger partial charge in [-0.3, -0.25) is 9.79 Å². The van der Waals surface area contributed by atoms with Crippen LogP contribution < -0.4 is 5.32 Å². The zero-order chi connectivity index (χ0) is 19.1. The molecule has 1 aromatic carbocycles. The first-order valence-corrected chi connectivity index (χ1v) is 10.8. The molecule has 2 aliphatic rings. The average molecular weight is 385 g/mol. The third-order valence-electron chi connectivity index (χ3n) is 5.31. The lowest BCUT2D eigenvalue weighted by molar-refractivity contribution is -0.116. The maximum absolute atomic E-state index is 12.4. The number of hydrogen-bond donors (Lipinski definition) is 1. The Morgan fingerprint density at radius 2 is 1.96 bits per heavy atom. The van der Waals surface area contributed by atoms with Gasteiger partial charge in [0.1, 0.15) is 0 Å². The summed E-state index contributed by atoms with van der Waals surface area (Å²) in [5, 5.41) is 12.8. The fraction of sp³-hybridized carbons (Fsp3) is 0.571. The Bertz CT molecular complexity index is 702. The van der Waals surface area contributed by atoms with Gasteiger partial charge in [0, 0.05) is 31.0 Å². The molecule has 1 saturated carbocycles. The van der Waals surface area contributed by atoms with Crippen molar-refractivity contribution < 1.29 is 4.79 Å². The van der Waals surface area contributed by atoms with Crippen LogP contribution in [-0.4, -0.2) is 40.9 Å². The number of anilines is 1. The van der Waals surface area contributed by atoms with E-state index < -0.39 is 0 Å². The molecular weight excluding hydrogens is 356 g/mol. The van der Waals surface area contributed by atoms with Crippen molar-refractivity contribution in [3.05, 3.63) is 29.8 Å². The van der Waals surface area contributed by atoms with Gasteiger partial charge in [-0.1, -0.05) is 49.6 Å². The fourth-order valence-electron chi connectivity index (χ4n) is 3.63. The quantitative estimate of drug-likeness (QED) is 0.772. The van der Waals surface area contributed by atoms with Crippen molar-refractivity contribution in [2.75, 3.05) is 18.1 Å². The largest absolute Gasteiger partial charge is 0.350 e. The first-order valence-electron chi connectivity index (χ1n) is 9.85. The van der Waals surface area contributed by atoms with Gasteiger partial charge in [0.15, 0.2) is 5.17 Å². The molecule has 3 rings (SSSR count). The molecule has 1 atom stereocenters. The molecule has 1 aliphatic carbocycles.